The van der Waals surface area contributed by atoms with Gasteiger partial charge < -0.3 is 10.1 Å². The highest BCUT2D eigenvalue weighted by Crippen LogP contribution is 2.51. The number of nitrogens with zero attached hydrogens (tertiary/aromatic N) is 1. The smallest absolute Gasteiger partial charge is 0.224 e. The van der Waals surface area contributed by atoms with Crippen molar-refractivity contribution in [3.05, 3.63) is 41.5 Å². The van der Waals surface area contributed by atoms with Gasteiger partial charge in [-0.05, 0) is 80.7 Å². The number of carbonyl (C=O) groups is 1. The first-order valence-electron chi connectivity index (χ1n) is 11.6. The van der Waals surface area contributed by atoms with E-state index in [-0.39, 0.29) is 11.5 Å². The van der Waals surface area contributed by atoms with Crippen LogP contribution in [0.25, 0.3) is 5.57 Å². The molecule has 2 aliphatic carbocycles. The molecule has 3 fully saturated rings. The summed E-state index contributed by atoms with van der Waals surface area (Å²) in [5.41, 5.74) is 4.07. The zero-order chi connectivity index (χ0) is 19.8. The van der Waals surface area contributed by atoms with Gasteiger partial charge >= 0.3 is 0 Å². The molecule has 156 valence electrons. The molecule has 1 spiro atoms. The molecule has 4 nitrogen and oxygen atoms in total. The highest BCUT2D eigenvalue weighted by molar-refractivity contribution is 5.91. The van der Waals surface area contributed by atoms with Crippen molar-refractivity contribution in [3.8, 4) is 0 Å². The summed E-state index contributed by atoms with van der Waals surface area (Å²) in [6, 6.07) is 9.37. The lowest BCUT2D eigenvalue weighted by molar-refractivity contribution is -0.119. The van der Waals surface area contributed by atoms with Crippen molar-refractivity contribution in [3.63, 3.8) is 0 Å². The van der Waals surface area contributed by atoms with Gasteiger partial charge in [-0.25, -0.2) is 0 Å². The third kappa shape index (κ3) is 3.55. The Morgan fingerprint density at radius 2 is 2.03 bits per heavy atom. The van der Waals surface area contributed by atoms with Crippen molar-refractivity contribution in [2.45, 2.75) is 68.9 Å². The highest BCUT2D eigenvalue weighted by atomic mass is 16.5. The number of rotatable bonds is 4. The van der Waals surface area contributed by atoms with E-state index in [1.54, 1.807) is 7.05 Å². The fraction of sp³-hybridized carbons (Fsp3) is 0.640. The number of hydrogen-bond acceptors (Lipinski definition) is 3. The van der Waals surface area contributed by atoms with Gasteiger partial charge in [-0.1, -0.05) is 30.3 Å². The number of ether oxygens (including phenoxy) is 1. The Kier molecular flexibility index (Phi) is 5.25. The second-order valence-electron chi connectivity index (χ2n) is 9.51. The minimum Gasteiger partial charge on any atom is -0.375 e. The number of fused-ring (bicyclic) bond motifs is 1. The molecule has 1 N–H and O–H groups in total. The van der Waals surface area contributed by atoms with E-state index in [0.717, 1.165) is 6.61 Å². The van der Waals surface area contributed by atoms with Gasteiger partial charge in [0.25, 0.3) is 0 Å². The lowest BCUT2D eigenvalue weighted by Gasteiger charge is -2.47. The first kappa shape index (κ1) is 19.3. The van der Waals surface area contributed by atoms with Crippen molar-refractivity contribution in [2.75, 3.05) is 26.7 Å². The van der Waals surface area contributed by atoms with Gasteiger partial charge in [-0.2, -0.15) is 0 Å². The van der Waals surface area contributed by atoms with Crippen LogP contribution in [0.5, 0.6) is 0 Å². The number of allylic oxidation sites excluding steroid dienone is 1. The summed E-state index contributed by atoms with van der Waals surface area (Å²) >= 11 is 0. The van der Waals surface area contributed by atoms with Crippen LogP contribution < -0.4 is 5.32 Å². The molecule has 0 radical (unpaired) electrons. The highest BCUT2D eigenvalue weighted by Gasteiger charge is 2.48. The van der Waals surface area contributed by atoms with Crippen molar-refractivity contribution in [2.24, 2.45) is 5.92 Å². The molecule has 1 aromatic carbocycles. The topological polar surface area (TPSA) is 41.6 Å². The van der Waals surface area contributed by atoms with E-state index in [2.05, 4.69) is 40.6 Å². The Balaban J connectivity index is 1.46. The summed E-state index contributed by atoms with van der Waals surface area (Å²) in [7, 11) is 1.73. The second-order valence-corrected chi connectivity index (χ2v) is 9.51. The van der Waals surface area contributed by atoms with Crippen molar-refractivity contribution in [1.29, 1.82) is 0 Å². The van der Waals surface area contributed by atoms with Crippen LogP contribution in [-0.2, 0) is 9.53 Å². The van der Waals surface area contributed by atoms with Crippen LogP contribution in [0.15, 0.2) is 30.3 Å². The Morgan fingerprint density at radius 1 is 1.21 bits per heavy atom. The molecule has 2 heterocycles. The molecule has 0 bridgehead atoms. The third-order valence-electron chi connectivity index (χ3n) is 7.94. The summed E-state index contributed by atoms with van der Waals surface area (Å²) in [5.74, 6) is 1.14. The largest absolute Gasteiger partial charge is 0.375 e. The average molecular weight is 395 g/mol. The normalized spacial score (nSPS) is 34.4. The van der Waals surface area contributed by atoms with Gasteiger partial charge in [-0.15, -0.1) is 0 Å². The van der Waals surface area contributed by atoms with E-state index in [0.29, 0.717) is 24.3 Å². The molecular formula is C25H34N2O2. The maximum Gasteiger partial charge on any atom is 0.224 e. The van der Waals surface area contributed by atoms with Gasteiger partial charge in [0.15, 0.2) is 0 Å². The van der Waals surface area contributed by atoms with Crippen molar-refractivity contribution >= 4 is 11.5 Å². The minimum atomic E-state index is 0.102. The molecule has 1 saturated carbocycles. The van der Waals surface area contributed by atoms with Crippen molar-refractivity contribution in [1.82, 2.24) is 10.2 Å². The Hall–Kier alpha value is -1.65. The minimum absolute atomic E-state index is 0.102. The first-order valence-corrected chi connectivity index (χ1v) is 11.6. The van der Waals surface area contributed by atoms with Crippen LogP contribution >= 0.6 is 0 Å². The number of benzene rings is 1. The first-order chi connectivity index (χ1) is 14.2. The number of hydrogen-bond donors (Lipinski definition) is 1. The zero-order valence-electron chi connectivity index (χ0n) is 17.7. The number of likely N-dealkylation sites (tertiary alicyclic amines) is 1. The zero-order valence-corrected chi connectivity index (χ0v) is 17.7. The van der Waals surface area contributed by atoms with E-state index in [1.807, 2.05) is 0 Å². The standard InChI is InChI=1S/C25H34N2O2/c1-26-24(28)16-18-15-22(20-8-3-2-7-19(18)20)21-9-11-25(10-6-14-29-25)17-23(21)27-12-4-5-13-27/h2-3,7-8,15,21-23H,4-6,9-14,16-17H2,1H3,(H,26,28). The maximum absolute atomic E-state index is 12.1. The summed E-state index contributed by atoms with van der Waals surface area (Å²) in [6.45, 7) is 3.42. The van der Waals surface area contributed by atoms with Crippen molar-refractivity contribution < 1.29 is 9.53 Å². The Bertz CT molecular complexity index is 790. The molecule has 2 aliphatic heterocycles. The van der Waals surface area contributed by atoms with Gasteiger partial charge in [0, 0.05) is 25.6 Å². The summed E-state index contributed by atoms with van der Waals surface area (Å²) in [5, 5.41) is 2.80. The SMILES string of the molecule is CNC(=O)CC1=CC(C2CCC3(CCCO3)CC2N2CCCC2)c2ccccc21. The molecule has 5 rings (SSSR count). The summed E-state index contributed by atoms with van der Waals surface area (Å²) in [6.07, 6.45) is 11.6. The number of carbonyl (C=O) groups excluding carboxylic acids is 1. The Morgan fingerprint density at radius 3 is 2.79 bits per heavy atom. The van der Waals surface area contributed by atoms with Crippen LogP contribution in [0, 0.1) is 5.92 Å². The van der Waals surface area contributed by atoms with E-state index >= 15 is 0 Å². The Labute approximate surface area is 174 Å². The molecule has 4 unspecified atom stereocenters. The van der Waals surface area contributed by atoms with Crippen LogP contribution in [0.4, 0.5) is 0 Å². The van der Waals surface area contributed by atoms with Crippen LogP contribution in [0.2, 0.25) is 0 Å². The lowest BCUT2D eigenvalue weighted by atomic mass is 9.68. The maximum atomic E-state index is 12.1. The van der Waals surface area contributed by atoms with Gasteiger partial charge in [-0.3, -0.25) is 9.69 Å². The molecular weight excluding hydrogens is 360 g/mol. The van der Waals surface area contributed by atoms with Gasteiger partial charge in [0.05, 0.1) is 12.0 Å². The molecule has 4 aliphatic rings. The van der Waals surface area contributed by atoms with E-state index < -0.39 is 0 Å². The summed E-state index contributed by atoms with van der Waals surface area (Å²) in [4.78, 5) is 14.9. The molecule has 4 atom stereocenters. The predicted molar refractivity (Wildman–Crippen MR) is 116 cm³/mol. The third-order valence-corrected chi connectivity index (χ3v) is 7.94. The lowest BCUT2D eigenvalue weighted by Crippen LogP contribution is -2.50. The quantitative estimate of drug-likeness (QED) is 0.835. The fourth-order valence-corrected chi connectivity index (χ4v) is 6.51. The van der Waals surface area contributed by atoms with Crippen LogP contribution in [0.1, 0.15) is 68.4 Å². The molecule has 0 aromatic heterocycles. The number of nitrogens with one attached hydrogen (secondary N) is 1. The van der Waals surface area contributed by atoms with Crippen LogP contribution in [0.3, 0.4) is 0 Å². The van der Waals surface area contributed by atoms with E-state index in [4.69, 9.17) is 4.74 Å². The second kappa shape index (κ2) is 7.88. The molecule has 29 heavy (non-hydrogen) atoms. The fourth-order valence-electron chi connectivity index (χ4n) is 6.51. The predicted octanol–water partition coefficient (Wildman–Crippen LogP) is 4.12. The molecule has 1 amide bonds. The van der Waals surface area contributed by atoms with Gasteiger partial charge in [0.2, 0.25) is 5.91 Å². The average Bonchev–Trinajstić information content (AvgIpc) is 3.50. The van der Waals surface area contributed by atoms with Gasteiger partial charge in [0.1, 0.15) is 0 Å². The van der Waals surface area contributed by atoms with E-state index in [9.17, 15) is 4.79 Å². The van der Waals surface area contributed by atoms with E-state index in [1.165, 1.54) is 74.7 Å². The number of amides is 1. The monoisotopic (exact) mass is 394 g/mol. The molecule has 4 heteroatoms. The summed E-state index contributed by atoms with van der Waals surface area (Å²) < 4.78 is 6.34. The van der Waals surface area contributed by atoms with Crippen LogP contribution in [-0.4, -0.2) is 49.2 Å². The molecule has 1 aromatic rings. The molecule has 2 saturated heterocycles.